The molecule has 2 heteroatoms. The number of pyridine rings is 2. The van der Waals surface area contributed by atoms with E-state index in [1.807, 2.05) is 12.4 Å². The molecule has 2 nitrogen and oxygen atoms in total. The number of hydrogen-bond acceptors (Lipinski definition) is 1. The van der Waals surface area contributed by atoms with Crippen molar-refractivity contribution in [3.8, 4) is 11.3 Å². The molecule has 0 saturated heterocycles. The lowest BCUT2D eigenvalue weighted by Crippen LogP contribution is -2.32. The van der Waals surface area contributed by atoms with E-state index in [0.29, 0.717) is 0 Å². The van der Waals surface area contributed by atoms with Crippen molar-refractivity contribution in [1.82, 2.24) is 4.98 Å². The summed E-state index contributed by atoms with van der Waals surface area (Å²) >= 11 is 0. The zero-order chi connectivity index (χ0) is 13.9. The van der Waals surface area contributed by atoms with Crippen molar-refractivity contribution in [3.05, 3.63) is 47.9 Å². The third-order valence-electron chi connectivity index (χ3n) is 4.52. The molecule has 104 valence electrons. The molecule has 0 atom stereocenters. The maximum atomic E-state index is 4.22. The fourth-order valence-electron chi connectivity index (χ4n) is 3.46. The number of aryl methyl sites for hydroxylation is 2. The molecule has 1 saturated carbocycles. The lowest BCUT2D eigenvalue weighted by atomic mass is 9.93. The monoisotopic (exact) mass is 267 g/mol. The van der Waals surface area contributed by atoms with Crippen LogP contribution in [-0.2, 0) is 13.5 Å². The third-order valence-corrected chi connectivity index (χ3v) is 4.52. The molecule has 0 spiro atoms. The molecule has 2 aromatic rings. The molecule has 0 aliphatic heterocycles. The molecule has 0 bridgehead atoms. The molecule has 0 amide bonds. The van der Waals surface area contributed by atoms with E-state index in [-0.39, 0.29) is 0 Å². The van der Waals surface area contributed by atoms with E-state index in [0.717, 1.165) is 5.92 Å². The van der Waals surface area contributed by atoms with Gasteiger partial charge in [0.15, 0.2) is 6.20 Å². The standard InChI is InChI=1S/C18H23N2/c1-14-13-19-10-9-17(14)18-16(8-5-11-20(18)2)12-15-6-3-4-7-15/h5,8-11,13,15H,3-4,6-7,12H2,1-2H3/q+1. The van der Waals surface area contributed by atoms with E-state index in [4.69, 9.17) is 0 Å². The van der Waals surface area contributed by atoms with Gasteiger partial charge in [0, 0.05) is 24.0 Å². The van der Waals surface area contributed by atoms with Gasteiger partial charge in [-0.15, -0.1) is 0 Å². The van der Waals surface area contributed by atoms with E-state index in [1.54, 1.807) is 0 Å². The number of rotatable bonds is 3. The van der Waals surface area contributed by atoms with Crippen molar-refractivity contribution >= 4 is 0 Å². The SMILES string of the molecule is Cc1cnccc1-c1c(CC2CCCC2)ccc[n+]1C. The van der Waals surface area contributed by atoms with Gasteiger partial charge in [0.25, 0.3) is 0 Å². The Kier molecular flexibility index (Phi) is 3.81. The fourth-order valence-corrected chi connectivity index (χ4v) is 3.46. The van der Waals surface area contributed by atoms with Crippen molar-refractivity contribution in [1.29, 1.82) is 0 Å². The van der Waals surface area contributed by atoms with Crippen LogP contribution in [0, 0.1) is 12.8 Å². The Morgan fingerprint density at radius 1 is 1.25 bits per heavy atom. The summed E-state index contributed by atoms with van der Waals surface area (Å²) < 4.78 is 2.26. The molecule has 1 aliphatic carbocycles. The van der Waals surface area contributed by atoms with Crippen LogP contribution >= 0.6 is 0 Å². The second-order valence-corrected chi connectivity index (χ2v) is 6.04. The van der Waals surface area contributed by atoms with Gasteiger partial charge in [-0.1, -0.05) is 25.7 Å². The molecule has 20 heavy (non-hydrogen) atoms. The van der Waals surface area contributed by atoms with Crippen molar-refractivity contribution < 1.29 is 4.57 Å². The predicted octanol–water partition coefficient (Wildman–Crippen LogP) is 3.61. The average Bonchev–Trinajstić information content (AvgIpc) is 2.93. The Labute approximate surface area is 121 Å². The van der Waals surface area contributed by atoms with E-state index in [9.17, 15) is 0 Å². The first-order valence-electron chi connectivity index (χ1n) is 7.64. The van der Waals surface area contributed by atoms with Crippen molar-refractivity contribution in [2.24, 2.45) is 13.0 Å². The summed E-state index contributed by atoms with van der Waals surface area (Å²) in [6.45, 7) is 2.15. The third kappa shape index (κ3) is 2.60. The van der Waals surface area contributed by atoms with Gasteiger partial charge in [0.2, 0.25) is 5.69 Å². The van der Waals surface area contributed by atoms with E-state index in [1.165, 1.54) is 54.5 Å². The van der Waals surface area contributed by atoms with Gasteiger partial charge in [0.05, 0.1) is 5.56 Å². The zero-order valence-corrected chi connectivity index (χ0v) is 12.5. The molecule has 2 heterocycles. The van der Waals surface area contributed by atoms with Crippen LogP contribution in [0.2, 0.25) is 0 Å². The normalized spacial score (nSPS) is 15.7. The zero-order valence-electron chi connectivity index (χ0n) is 12.5. The largest absolute Gasteiger partial charge is 0.264 e. The number of aromatic nitrogens is 2. The Morgan fingerprint density at radius 3 is 2.80 bits per heavy atom. The average molecular weight is 267 g/mol. The van der Waals surface area contributed by atoms with E-state index in [2.05, 4.69) is 47.9 Å². The summed E-state index contributed by atoms with van der Waals surface area (Å²) in [4.78, 5) is 4.22. The van der Waals surface area contributed by atoms with Gasteiger partial charge in [-0.2, -0.15) is 0 Å². The molecule has 0 radical (unpaired) electrons. The van der Waals surface area contributed by atoms with Gasteiger partial charge in [-0.3, -0.25) is 4.98 Å². The summed E-state index contributed by atoms with van der Waals surface area (Å²) in [6, 6.07) is 6.61. The minimum absolute atomic E-state index is 0.873. The predicted molar refractivity (Wildman–Crippen MR) is 81.2 cm³/mol. The fraction of sp³-hybridized carbons (Fsp3) is 0.444. The van der Waals surface area contributed by atoms with Gasteiger partial charge in [0.1, 0.15) is 7.05 Å². The molecular formula is C18H23N2+. The molecular weight excluding hydrogens is 244 g/mol. The highest BCUT2D eigenvalue weighted by Crippen LogP contribution is 2.31. The van der Waals surface area contributed by atoms with Crippen molar-refractivity contribution in [2.75, 3.05) is 0 Å². The quantitative estimate of drug-likeness (QED) is 0.776. The van der Waals surface area contributed by atoms with E-state index >= 15 is 0 Å². The molecule has 1 fully saturated rings. The highest BCUT2D eigenvalue weighted by Gasteiger charge is 2.22. The van der Waals surface area contributed by atoms with Crippen molar-refractivity contribution in [3.63, 3.8) is 0 Å². The lowest BCUT2D eigenvalue weighted by molar-refractivity contribution is -0.660. The number of hydrogen-bond donors (Lipinski definition) is 0. The lowest BCUT2D eigenvalue weighted by Gasteiger charge is -2.12. The van der Waals surface area contributed by atoms with Crippen LogP contribution in [-0.4, -0.2) is 4.98 Å². The minimum Gasteiger partial charge on any atom is -0.264 e. The van der Waals surface area contributed by atoms with E-state index < -0.39 is 0 Å². The number of nitrogens with zero attached hydrogens (tertiary/aromatic N) is 2. The van der Waals surface area contributed by atoms with Crippen LogP contribution in [0.4, 0.5) is 0 Å². The molecule has 1 aliphatic rings. The first-order chi connectivity index (χ1) is 9.75. The van der Waals surface area contributed by atoms with Gasteiger partial charge in [-0.25, -0.2) is 4.57 Å². The summed E-state index contributed by atoms with van der Waals surface area (Å²) in [7, 11) is 2.15. The van der Waals surface area contributed by atoms with Crippen molar-refractivity contribution in [2.45, 2.75) is 39.0 Å². The Bertz CT molecular complexity index is 598. The molecule has 0 aromatic carbocycles. The first kappa shape index (κ1) is 13.3. The first-order valence-corrected chi connectivity index (χ1v) is 7.64. The van der Waals surface area contributed by atoms with Crippen LogP contribution in [0.25, 0.3) is 11.3 Å². The maximum absolute atomic E-state index is 4.22. The molecule has 3 rings (SSSR count). The highest BCUT2D eigenvalue weighted by molar-refractivity contribution is 5.63. The topological polar surface area (TPSA) is 16.8 Å². The summed E-state index contributed by atoms with van der Waals surface area (Å²) in [5.74, 6) is 0.873. The summed E-state index contributed by atoms with van der Waals surface area (Å²) in [5, 5.41) is 0. The Morgan fingerprint density at radius 2 is 2.05 bits per heavy atom. The Balaban J connectivity index is 2.02. The smallest absolute Gasteiger partial charge is 0.215 e. The summed E-state index contributed by atoms with van der Waals surface area (Å²) in [6.07, 6.45) is 12.8. The van der Waals surface area contributed by atoms with Gasteiger partial charge in [-0.05, 0) is 37.0 Å². The molecule has 2 aromatic heterocycles. The van der Waals surface area contributed by atoms with Gasteiger partial charge < -0.3 is 0 Å². The van der Waals surface area contributed by atoms with Crippen LogP contribution in [0.5, 0.6) is 0 Å². The van der Waals surface area contributed by atoms with Gasteiger partial charge >= 0.3 is 0 Å². The highest BCUT2D eigenvalue weighted by atomic mass is 14.9. The van der Waals surface area contributed by atoms with Crippen LogP contribution in [0.15, 0.2) is 36.8 Å². The maximum Gasteiger partial charge on any atom is 0.215 e. The Hall–Kier alpha value is -1.70. The minimum atomic E-state index is 0.873. The molecule has 0 N–H and O–H groups in total. The second kappa shape index (κ2) is 5.74. The summed E-state index contributed by atoms with van der Waals surface area (Å²) in [5.41, 5.74) is 5.41. The second-order valence-electron chi connectivity index (χ2n) is 6.04. The van der Waals surface area contributed by atoms with Crippen LogP contribution in [0.1, 0.15) is 36.8 Å². The molecule has 0 unspecified atom stereocenters. The van der Waals surface area contributed by atoms with Crippen LogP contribution < -0.4 is 4.57 Å². The van der Waals surface area contributed by atoms with Crippen LogP contribution in [0.3, 0.4) is 0 Å².